The van der Waals surface area contributed by atoms with Crippen LogP contribution in [0, 0.1) is 13.8 Å². The van der Waals surface area contributed by atoms with Crippen LogP contribution in [0.25, 0.3) is 6.08 Å². The number of furan rings is 1. The zero-order valence-corrected chi connectivity index (χ0v) is 15.8. The molecule has 0 unspecified atom stereocenters. The van der Waals surface area contributed by atoms with Crippen LogP contribution in [0.2, 0.25) is 0 Å². The molecule has 0 atom stereocenters. The lowest BCUT2D eigenvalue weighted by molar-refractivity contribution is -0.122. The van der Waals surface area contributed by atoms with Crippen molar-refractivity contribution in [2.24, 2.45) is 0 Å². The number of nitrogens with one attached hydrogen (secondary N) is 1. The average Bonchev–Trinajstić information content (AvgIpc) is 2.99. The predicted molar refractivity (Wildman–Crippen MR) is 105 cm³/mol. The molecule has 1 aromatic carbocycles. The van der Waals surface area contributed by atoms with Crippen LogP contribution >= 0.6 is 12.2 Å². The number of thiocarbonyl (C=S) groups is 1. The maximum absolute atomic E-state index is 13.0. The lowest BCUT2D eigenvalue weighted by Crippen LogP contribution is -2.54. The number of benzene rings is 1. The van der Waals surface area contributed by atoms with Crippen molar-refractivity contribution in [3.63, 3.8) is 0 Å². The highest BCUT2D eigenvalue weighted by atomic mass is 32.1. The number of amides is 2. The van der Waals surface area contributed by atoms with Crippen molar-refractivity contribution in [1.29, 1.82) is 0 Å². The van der Waals surface area contributed by atoms with Crippen LogP contribution in [-0.2, 0) is 9.59 Å². The zero-order chi connectivity index (χ0) is 19.0. The number of carbonyl (C=O) groups is 2. The Morgan fingerprint density at radius 2 is 1.77 bits per heavy atom. The van der Waals surface area contributed by atoms with Crippen LogP contribution in [0.15, 0.2) is 40.3 Å². The first-order chi connectivity index (χ1) is 12.3. The van der Waals surface area contributed by atoms with Crippen LogP contribution < -0.4 is 15.1 Å². The van der Waals surface area contributed by atoms with Gasteiger partial charge in [-0.1, -0.05) is 6.07 Å². The van der Waals surface area contributed by atoms with Crippen LogP contribution in [0.3, 0.4) is 0 Å². The van der Waals surface area contributed by atoms with Gasteiger partial charge in [-0.3, -0.25) is 19.8 Å². The molecule has 134 valence electrons. The quantitative estimate of drug-likeness (QED) is 0.512. The summed E-state index contributed by atoms with van der Waals surface area (Å²) in [4.78, 5) is 28.4. The Morgan fingerprint density at radius 1 is 1.12 bits per heavy atom. The van der Waals surface area contributed by atoms with Crippen molar-refractivity contribution < 1.29 is 14.0 Å². The molecule has 0 spiro atoms. The third-order valence-electron chi connectivity index (χ3n) is 3.91. The van der Waals surface area contributed by atoms with E-state index < -0.39 is 11.8 Å². The Balaban J connectivity index is 2.01. The first-order valence-corrected chi connectivity index (χ1v) is 8.44. The van der Waals surface area contributed by atoms with E-state index in [0.29, 0.717) is 17.3 Å². The minimum absolute atomic E-state index is 0.0302. The standard InChI is InChI=1S/C19H19N3O3S/c1-11-7-12(2)9-13(8-11)22-18(24)15(17(23)20-19(22)26)10-14-5-6-16(25-14)21(3)4/h5-10H,1-4H3,(H,20,23,26)/b15-10+. The Kier molecular flexibility index (Phi) is 4.65. The van der Waals surface area contributed by atoms with E-state index >= 15 is 0 Å². The minimum Gasteiger partial charge on any atom is -0.441 e. The van der Waals surface area contributed by atoms with Gasteiger partial charge in [-0.15, -0.1) is 0 Å². The molecule has 0 saturated carbocycles. The summed E-state index contributed by atoms with van der Waals surface area (Å²) in [7, 11) is 3.68. The van der Waals surface area contributed by atoms with Crippen molar-refractivity contribution in [2.75, 3.05) is 23.9 Å². The topological polar surface area (TPSA) is 65.8 Å². The summed E-state index contributed by atoms with van der Waals surface area (Å²) in [6.45, 7) is 3.88. The minimum atomic E-state index is -0.538. The van der Waals surface area contributed by atoms with E-state index in [4.69, 9.17) is 16.6 Å². The van der Waals surface area contributed by atoms with Gasteiger partial charge in [-0.05, 0) is 61.5 Å². The average molecular weight is 369 g/mol. The van der Waals surface area contributed by atoms with E-state index in [1.165, 1.54) is 11.0 Å². The number of rotatable bonds is 3. The summed E-state index contributed by atoms with van der Waals surface area (Å²) in [5.41, 5.74) is 2.59. The van der Waals surface area contributed by atoms with Gasteiger partial charge in [0.25, 0.3) is 11.8 Å². The Morgan fingerprint density at radius 3 is 2.35 bits per heavy atom. The molecule has 1 saturated heterocycles. The molecule has 0 aliphatic carbocycles. The molecule has 1 aliphatic heterocycles. The summed E-state index contributed by atoms with van der Waals surface area (Å²) in [5, 5.41) is 2.64. The summed E-state index contributed by atoms with van der Waals surface area (Å²) in [6, 6.07) is 9.18. The molecule has 1 aromatic heterocycles. The Bertz CT molecular complexity index is 923. The van der Waals surface area contributed by atoms with Gasteiger partial charge in [-0.25, -0.2) is 0 Å². The van der Waals surface area contributed by atoms with Crippen LogP contribution in [0.1, 0.15) is 16.9 Å². The lowest BCUT2D eigenvalue weighted by Gasteiger charge is -2.29. The lowest BCUT2D eigenvalue weighted by atomic mass is 10.1. The highest BCUT2D eigenvalue weighted by molar-refractivity contribution is 7.80. The van der Waals surface area contributed by atoms with Crippen molar-refractivity contribution in [2.45, 2.75) is 13.8 Å². The van der Waals surface area contributed by atoms with E-state index in [2.05, 4.69) is 5.32 Å². The third kappa shape index (κ3) is 3.39. The largest absolute Gasteiger partial charge is 0.441 e. The highest BCUT2D eigenvalue weighted by Crippen LogP contribution is 2.25. The van der Waals surface area contributed by atoms with Gasteiger partial charge in [0.1, 0.15) is 11.3 Å². The molecule has 1 aliphatic rings. The van der Waals surface area contributed by atoms with E-state index in [-0.39, 0.29) is 10.7 Å². The van der Waals surface area contributed by atoms with Gasteiger partial charge >= 0.3 is 0 Å². The van der Waals surface area contributed by atoms with E-state index in [1.54, 1.807) is 17.0 Å². The fourth-order valence-electron chi connectivity index (χ4n) is 2.77. The van der Waals surface area contributed by atoms with Gasteiger partial charge in [0.2, 0.25) is 0 Å². The molecule has 2 heterocycles. The maximum Gasteiger partial charge on any atom is 0.270 e. The van der Waals surface area contributed by atoms with Crippen molar-refractivity contribution in [1.82, 2.24) is 5.32 Å². The van der Waals surface area contributed by atoms with Gasteiger partial charge in [-0.2, -0.15) is 0 Å². The van der Waals surface area contributed by atoms with Crippen LogP contribution in [0.5, 0.6) is 0 Å². The normalized spacial score (nSPS) is 16.2. The first-order valence-electron chi connectivity index (χ1n) is 8.03. The van der Waals surface area contributed by atoms with E-state index in [0.717, 1.165) is 11.1 Å². The number of aryl methyl sites for hydroxylation is 2. The molecule has 3 rings (SSSR count). The fourth-order valence-corrected chi connectivity index (χ4v) is 3.06. The summed E-state index contributed by atoms with van der Waals surface area (Å²) >= 11 is 5.22. The molecule has 1 fully saturated rings. The SMILES string of the molecule is Cc1cc(C)cc(N2C(=O)/C(=C/c3ccc(N(C)C)o3)C(=O)NC2=S)c1. The Labute approximate surface area is 157 Å². The summed E-state index contributed by atoms with van der Waals surface area (Å²) < 4.78 is 5.62. The van der Waals surface area contributed by atoms with Crippen LogP contribution in [0.4, 0.5) is 11.6 Å². The van der Waals surface area contributed by atoms with Gasteiger partial charge in [0.15, 0.2) is 11.0 Å². The second-order valence-corrected chi connectivity index (χ2v) is 6.76. The molecular weight excluding hydrogens is 350 g/mol. The maximum atomic E-state index is 13.0. The third-order valence-corrected chi connectivity index (χ3v) is 4.19. The molecule has 0 bridgehead atoms. The van der Waals surface area contributed by atoms with Crippen LogP contribution in [-0.4, -0.2) is 31.0 Å². The molecule has 7 heteroatoms. The summed E-state index contributed by atoms with van der Waals surface area (Å²) in [6.07, 6.45) is 1.43. The van der Waals surface area contributed by atoms with Gasteiger partial charge in [0.05, 0.1) is 5.69 Å². The number of carbonyl (C=O) groups excluding carboxylic acids is 2. The molecule has 2 amide bonds. The molecule has 26 heavy (non-hydrogen) atoms. The zero-order valence-electron chi connectivity index (χ0n) is 15.0. The molecule has 1 N–H and O–H groups in total. The number of hydrogen-bond acceptors (Lipinski definition) is 5. The van der Waals surface area contributed by atoms with E-state index in [1.807, 2.05) is 46.1 Å². The first kappa shape index (κ1) is 17.9. The van der Waals surface area contributed by atoms with Crippen molar-refractivity contribution in [3.05, 3.63) is 52.8 Å². The molecule has 0 radical (unpaired) electrons. The second-order valence-electron chi connectivity index (χ2n) is 6.37. The van der Waals surface area contributed by atoms with Gasteiger partial charge < -0.3 is 9.32 Å². The fraction of sp³-hybridized carbons (Fsp3) is 0.211. The molecule has 2 aromatic rings. The number of anilines is 2. The Hall–Kier alpha value is -2.93. The molecule has 6 nitrogen and oxygen atoms in total. The van der Waals surface area contributed by atoms with Crippen molar-refractivity contribution >= 4 is 46.8 Å². The highest BCUT2D eigenvalue weighted by Gasteiger charge is 2.34. The molecular formula is C19H19N3O3S. The predicted octanol–water partition coefficient (Wildman–Crippen LogP) is 2.79. The summed E-state index contributed by atoms with van der Waals surface area (Å²) in [5.74, 6) is 0.0255. The number of nitrogens with zero attached hydrogens (tertiary/aromatic N) is 2. The van der Waals surface area contributed by atoms with E-state index in [9.17, 15) is 9.59 Å². The van der Waals surface area contributed by atoms with Crippen molar-refractivity contribution in [3.8, 4) is 0 Å². The smallest absolute Gasteiger partial charge is 0.270 e. The second kappa shape index (κ2) is 6.76. The number of hydrogen-bond donors (Lipinski definition) is 1. The van der Waals surface area contributed by atoms with Gasteiger partial charge in [0, 0.05) is 20.2 Å². The monoisotopic (exact) mass is 369 g/mol.